The van der Waals surface area contributed by atoms with Gasteiger partial charge in [-0.05, 0) is 19.1 Å². The molecule has 0 bridgehead atoms. The third-order valence-corrected chi connectivity index (χ3v) is 3.10. The number of thiol groups is 1. The smallest absolute Gasteiger partial charge is 0.273 e. The second-order valence-electron chi connectivity index (χ2n) is 4.35. The molecule has 1 aromatic carbocycles. The molecule has 2 amide bonds. The van der Waals surface area contributed by atoms with Gasteiger partial charge >= 0.3 is 0 Å². The average Bonchev–Trinajstić information content (AvgIpc) is 2.90. The van der Waals surface area contributed by atoms with Crippen LogP contribution in [0.5, 0.6) is 0 Å². The zero-order valence-electron chi connectivity index (χ0n) is 11.4. The molecule has 110 valence electrons. The molecule has 0 atom stereocenters. The summed E-state index contributed by atoms with van der Waals surface area (Å²) in [5, 5.41) is 8.95. The number of carbonyl (C=O) groups is 2. The highest BCUT2D eigenvalue weighted by atomic mass is 32.1. The van der Waals surface area contributed by atoms with E-state index in [9.17, 15) is 9.59 Å². The number of nitrogens with zero attached hydrogens (tertiary/aromatic N) is 1. The summed E-state index contributed by atoms with van der Waals surface area (Å²) in [6.07, 6.45) is 0. The number of carbonyl (C=O) groups excluding carboxylic acids is 2. The van der Waals surface area contributed by atoms with Gasteiger partial charge in [0.1, 0.15) is 5.76 Å². The zero-order chi connectivity index (χ0) is 15.2. The molecule has 1 heterocycles. The maximum Gasteiger partial charge on any atom is 0.273 e. The van der Waals surface area contributed by atoms with Crippen LogP contribution < -0.4 is 10.6 Å². The highest BCUT2D eigenvalue weighted by Gasteiger charge is 2.11. The molecule has 0 aliphatic heterocycles. The predicted molar refractivity (Wildman–Crippen MR) is 79.6 cm³/mol. The number of hydrogen-bond acceptors (Lipinski definition) is 5. The van der Waals surface area contributed by atoms with Crippen LogP contribution in [0.3, 0.4) is 0 Å². The summed E-state index contributed by atoms with van der Waals surface area (Å²) in [7, 11) is 0. The zero-order valence-corrected chi connectivity index (χ0v) is 12.3. The van der Waals surface area contributed by atoms with E-state index in [4.69, 9.17) is 4.52 Å². The lowest BCUT2D eigenvalue weighted by molar-refractivity contribution is 0.0921. The van der Waals surface area contributed by atoms with Crippen molar-refractivity contribution >= 4 is 24.4 Å². The van der Waals surface area contributed by atoms with Gasteiger partial charge in [0.05, 0.1) is 5.56 Å². The molecule has 0 saturated carbocycles. The van der Waals surface area contributed by atoms with Crippen LogP contribution in [-0.4, -0.2) is 30.1 Å². The average molecular weight is 305 g/mol. The van der Waals surface area contributed by atoms with Crippen molar-refractivity contribution < 1.29 is 14.1 Å². The van der Waals surface area contributed by atoms with Crippen molar-refractivity contribution in [1.82, 2.24) is 15.8 Å². The van der Waals surface area contributed by atoms with Gasteiger partial charge in [0, 0.05) is 24.1 Å². The number of benzene rings is 1. The van der Waals surface area contributed by atoms with E-state index in [1.807, 2.05) is 0 Å². The van der Waals surface area contributed by atoms with E-state index in [2.05, 4.69) is 28.4 Å². The van der Waals surface area contributed by atoms with Gasteiger partial charge in [0.2, 0.25) is 0 Å². The molecule has 0 fully saturated rings. The van der Waals surface area contributed by atoms with Crippen LogP contribution in [0.1, 0.15) is 26.6 Å². The summed E-state index contributed by atoms with van der Waals surface area (Å²) in [5.41, 5.74) is 0.721. The summed E-state index contributed by atoms with van der Waals surface area (Å²) < 4.78 is 4.81. The van der Waals surface area contributed by atoms with Gasteiger partial charge in [-0.3, -0.25) is 9.59 Å². The Kier molecular flexibility index (Phi) is 4.99. The Bertz CT molecular complexity index is 654. The van der Waals surface area contributed by atoms with Crippen LogP contribution in [-0.2, 0) is 0 Å². The van der Waals surface area contributed by atoms with Crippen molar-refractivity contribution in [1.29, 1.82) is 0 Å². The van der Waals surface area contributed by atoms with E-state index in [0.29, 0.717) is 29.3 Å². The summed E-state index contributed by atoms with van der Waals surface area (Å²) in [6.45, 7) is 2.31. The van der Waals surface area contributed by atoms with Gasteiger partial charge in [0.25, 0.3) is 11.8 Å². The number of hydrogen-bond donors (Lipinski definition) is 3. The minimum Gasteiger partial charge on any atom is -0.361 e. The minimum atomic E-state index is -0.337. The summed E-state index contributed by atoms with van der Waals surface area (Å²) in [6, 6.07) is 8.55. The van der Waals surface area contributed by atoms with E-state index in [-0.39, 0.29) is 17.5 Å². The molecule has 0 saturated heterocycles. The van der Waals surface area contributed by atoms with Crippen molar-refractivity contribution in [3.8, 4) is 0 Å². The quantitative estimate of drug-likeness (QED) is 0.576. The topological polar surface area (TPSA) is 84.2 Å². The monoisotopic (exact) mass is 305 g/mol. The standard InChI is InChI=1S/C14H15N3O3S/c1-9-8-11(17-20-9)14(19)16-7-6-15-13(18)10-4-2-3-5-12(10)21/h2-5,8,21H,6-7H2,1H3,(H,15,18)(H,16,19). The fraction of sp³-hybridized carbons (Fsp3) is 0.214. The first-order chi connectivity index (χ1) is 10.1. The first kappa shape index (κ1) is 15.1. The number of rotatable bonds is 5. The molecule has 2 rings (SSSR count). The Morgan fingerprint density at radius 1 is 1.19 bits per heavy atom. The van der Waals surface area contributed by atoms with Crippen LogP contribution in [0.15, 0.2) is 39.8 Å². The van der Waals surface area contributed by atoms with Crippen LogP contribution in [0.25, 0.3) is 0 Å². The van der Waals surface area contributed by atoms with Crippen molar-refractivity contribution in [3.63, 3.8) is 0 Å². The van der Waals surface area contributed by atoms with E-state index < -0.39 is 0 Å². The lowest BCUT2D eigenvalue weighted by Crippen LogP contribution is -2.34. The van der Waals surface area contributed by atoms with Crippen molar-refractivity contribution in [2.45, 2.75) is 11.8 Å². The molecule has 1 aromatic heterocycles. The van der Waals surface area contributed by atoms with Crippen molar-refractivity contribution in [2.75, 3.05) is 13.1 Å². The fourth-order valence-electron chi connectivity index (χ4n) is 1.68. The summed E-state index contributed by atoms with van der Waals surface area (Å²) in [4.78, 5) is 24.2. The molecule has 2 aromatic rings. The predicted octanol–water partition coefficient (Wildman–Crippen LogP) is 1.43. The van der Waals surface area contributed by atoms with Crippen LogP contribution in [0.2, 0.25) is 0 Å². The Balaban J connectivity index is 1.76. The van der Waals surface area contributed by atoms with E-state index in [1.165, 1.54) is 0 Å². The molecule has 21 heavy (non-hydrogen) atoms. The lowest BCUT2D eigenvalue weighted by atomic mass is 10.2. The van der Waals surface area contributed by atoms with Crippen LogP contribution in [0, 0.1) is 6.92 Å². The Hall–Kier alpha value is -2.28. The molecular formula is C14H15N3O3S. The molecule has 6 nitrogen and oxygen atoms in total. The number of aryl methyl sites for hydroxylation is 1. The minimum absolute atomic E-state index is 0.222. The van der Waals surface area contributed by atoms with Crippen LogP contribution in [0.4, 0.5) is 0 Å². The van der Waals surface area contributed by atoms with Gasteiger partial charge in [-0.1, -0.05) is 17.3 Å². The SMILES string of the molecule is Cc1cc(C(=O)NCCNC(=O)c2ccccc2S)no1. The van der Waals surface area contributed by atoms with Gasteiger partial charge < -0.3 is 15.2 Å². The van der Waals surface area contributed by atoms with Crippen LogP contribution >= 0.6 is 12.6 Å². The maximum absolute atomic E-state index is 11.9. The molecule has 7 heteroatoms. The van der Waals surface area contributed by atoms with Crippen molar-refractivity contribution in [2.24, 2.45) is 0 Å². The van der Waals surface area contributed by atoms with E-state index in [0.717, 1.165) is 0 Å². The highest BCUT2D eigenvalue weighted by molar-refractivity contribution is 7.80. The van der Waals surface area contributed by atoms with Gasteiger partial charge in [-0.25, -0.2) is 0 Å². The highest BCUT2D eigenvalue weighted by Crippen LogP contribution is 2.12. The lowest BCUT2D eigenvalue weighted by Gasteiger charge is -2.07. The summed E-state index contributed by atoms with van der Waals surface area (Å²) >= 11 is 4.22. The third kappa shape index (κ3) is 4.09. The van der Waals surface area contributed by atoms with Gasteiger partial charge in [-0.2, -0.15) is 0 Å². The normalized spacial score (nSPS) is 10.2. The molecule has 0 unspecified atom stereocenters. The maximum atomic E-state index is 11.9. The number of nitrogens with one attached hydrogen (secondary N) is 2. The Labute approximate surface area is 127 Å². The van der Waals surface area contributed by atoms with E-state index >= 15 is 0 Å². The second kappa shape index (κ2) is 6.94. The third-order valence-electron chi connectivity index (χ3n) is 2.71. The Morgan fingerprint density at radius 3 is 2.48 bits per heavy atom. The first-order valence-corrected chi connectivity index (χ1v) is 6.80. The molecular weight excluding hydrogens is 290 g/mol. The second-order valence-corrected chi connectivity index (χ2v) is 4.83. The fourth-order valence-corrected chi connectivity index (χ4v) is 1.94. The van der Waals surface area contributed by atoms with Crippen molar-refractivity contribution in [3.05, 3.63) is 47.3 Å². The number of amides is 2. The first-order valence-electron chi connectivity index (χ1n) is 6.35. The van der Waals surface area contributed by atoms with Gasteiger partial charge in [0.15, 0.2) is 5.69 Å². The molecule has 0 aliphatic rings. The molecule has 0 aliphatic carbocycles. The van der Waals surface area contributed by atoms with E-state index in [1.54, 1.807) is 37.3 Å². The summed E-state index contributed by atoms with van der Waals surface area (Å²) in [5.74, 6) is 0.00154. The molecule has 0 radical (unpaired) electrons. The van der Waals surface area contributed by atoms with Gasteiger partial charge in [-0.15, -0.1) is 12.6 Å². The largest absolute Gasteiger partial charge is 0.361 e. The molecule has 2 N–H and O–H groups in total. The Morgan fingerprint density at radius 2 is 1.86 bits per heavy atom. The molecule has 0 spiro atoms. The number of aromatic nitrogens is 1.